The molecule has 0 aliphatic heterocycles. The molecule has 1 unspecified atom stereocenters. The van der Waals surface area contributed by atoms with Crippen LogP contribution in [0.2, 0.25) is 0 Å². The molecule has 1 rings (SSSR count). The van der Waals surface area contributed by atoms with Crippen molar-refractivity contribution >= 4 is 26.0 Å². The van der Waals surface area contributed by atoms with E-state index in [-0.39, 0.29) is 28.4 Å². The molecule has 0 bridgehead atoms. The molecular formula is C12H17BrFNO3S. The number of halogens is 2. The molecule has 4 nitrogen and oxygen atoms in total. The summed E-state index contributed by atoms with van der Waals surface area (Å²) in [4.78, 5) is 0.0177. The zero-order chi connectivity index (χ0) is 14.5. The Morgan fingerprint density at radius 1 is 1.47 bits per heavy atom. The molecule has 108 valence electrons. The summed E-state index contributed by atoms with van der Waals surface area (Å²) >= 11 is 3.03. The number of aliphatic hydroxyl groups is 1. The Morgan fingerprint density at radius 3 is 2.74 bits per heavy atom. The van der Waals surface area contributed by atoms with E-state index in [0.29, 0.717) is 6.42 Å². The molecule has 1 aromatic carbocycles. The molecular weight excluding hydrogens is 337 g/mol. The van der Waals surface area contributed by atoms with Crippen molar-refractivity contribution in [3.8, 4) is 0 Å². The second-order valence-electron chi connectivity index (χ2n) is 4.40. The Balaban J connectivity index is 2.61. The molecule has 2 N–H and O–H groups in total. The first-order chi connectivity index (χ1) is 8.86. The van der Waals surface area contributed by atoms with Crippen molar-refractivity contribution in [2.24, 2.45) is 5.92 Å². The second-order valence-corrected chi connectivity index (χ2v) is 6.99. The van der Waals surface area contributed by atoms with E-state index in [1.165, 1.54) is 6.07 Å². The lowest BCUT2D eigenvalue weighted by Crippen LogP contribution is -2.25. The van der Waals surface area contributed by atoms with Crippen molar-refractivity contribution < 1.29 is 17.9 Å². The number of aliphatic hydroxyl groups excluding tert-OH is 1. The third-order valence-corrected chi connectivity index (χ3v) is 5.10. The maximum absolute atomic E-state index is 12.9. The van der Waals surface area contributed by atoms with E-state index in [4.69, 9.17) is 5.11 Å². The van der Waals surface area contributed by atoms with Crippen LogP contribution in [0.25, 0.3) is 0 Å². The van der Waals surface area contributed by atoms with E-state index in [9.17, 15) is 12.8 Å². The van der Waals surface area contributed by atoms with E-state index < -0.39 is 15.8 Å². The summed E-state index contributed by atoms with van der Waals surface area (Å²) in [6.45, 7) is 2.28. The van der Waals surface area contributed by atoms with Crippen LogP contribution in [0.5, 0.6) is 0 Å². The van der Waals surface area contributed by atoms with E-state index in [1.807, 2.05) is 6.92 Å². The van der Waals surface area contributed by atoms with E-state index in [1.54, 1.807) is 0 Å². The van der Waals surface area contributed by atoms with Crippen LogP contribution in [-0.2, 0) is 10.0 Å². The summed E-state index contributed by atoms with van der Waals surface area (Å²) in [7, 11) is -3.64. The van der Waals surface area contributed by atoms with Gasteiger partial charge in [0.05, 0.1) is 4.90 Å². The fourth-order valence-electron chi connectivity index (χ4n) is 1.52. The van der Waals surface area contributed by atoms with Gasteiger partial charge >= 0.3 is 0 Å². The van der Waals surface area contributed by atoms with Crippen molar-refractivity contribution in [2.45, 2.75) is 24.7 Å². The van der Waals surface area contributed by atoms with Gasteiger partial charge in [0.15, 0.2) is 0 Å². The van der Waals surface area contributed by atoms with Gasteiger partial charge in [-0.1, -0.05) is 6.92 Å². The molecule has 0 heterocycles. The maximum Gasteiger partial charge on any atom is 0.241 e. The minimum Gasteiger partial charge on any atom is -0.396 e. The Morgan fingerprint density at radius 2 is 2.16 bits per heavy atom. The van der Waals surface area contributed by atoms with Gasteiger partial charge in [0.2, 0.25) is 10.0 Å². The molecule has 0 fully saturated rings. The Labute approximate surface area is 121 Å². The number of benzene rings is 1. The number of hydrogen-bond donors (Lipinski definition) is 2. The SMILES string of the molecule is CC(CO)CCCNS(=O)(=O)c1ccc(F)cc1Br. The molecule has 1 atom stereocenters. The zero-order valence-corrected chi connectivity index (χ0v) is 13.0. The van der Waals surface area contributed by atoms with Crippen LogP contribution in [0.4, 0.5) is 4.39 Å². The highest BCUT2D eigenvalue weighted by Crippen LogP contribution is 2.22. The molecule has 0 spiro atoms. The summed E-state index contributed by atoms with van der Waals surface area (Å²) < 4.78 is 39.5. The van der Waals surface area contributed by atoms with Crippen LogP contribution in [0.15, 0.2) is 27.6 Å². The quantitative estimate of drug-likeness (QED) is 0.739. The maximum atomic E-state index is 12.9. The average Bonchev–Trinajstić information content (AvgIpc) is 2.33. The average molecular weight is 354 g/mol. The van der Waals surface area contributed by atoms with Gasteiger partial charge in [0, 0.05) is 17.6 Å². The third-order valence-electron chi connectivity index (χ3n) is 2.66. The van der Waals surface area contributed by atoms with E-state index in [0.717, 1.165) is 18.6 Å². The monoisotopic (exact) mass is 353 g/mol. The molecule has 0 aliphatic rings. The van der Waals surface area contributed by atoms with E-state index >= 15 is 0 Å². The van der Waals surface area contributed by atoms with Crippen molar-refractivity contribution in [3.05, 3.63) is 28.5 Å². The predicted molar refractivity (Wildman–Crippen MR) is 74.8 cm³/mol. The number of hydrogen-bond acceptors (Lipinski definition) is 3. The topological polar surface area (TPSA) is 66.4 Å². The van der Waals surface area contributed by atoms with Crippen molar-refractivity contribution in [3.63, 3.8) is 0 Å². The lowest BCUT2D eigenvalue weighted by atomic mass is 10.1. The van der Waals surface area contributed by atoms with Crippen molar-refractivity contribution in [1.29, 1.82) is 0 Å². The van der Waals surface area contributed by atoms with Gasteiger partial charge in [-0.2, -0.15) is 0 Å². The molecule has 0 aromatic heterocycles. The van der Waals surface area contributed by atoms with Gasteiger partial charge in [-0.05, 0) is 52.9 Å². The Kier molecular flexibility index (Phi) is 6.38. The highest BCUT2D eigenvalue weighted by molar-refractivity contribution is 9.10. The Hall–Kier alpha value is -0.500. The lowest BCUT2D eigenvalue weighted by Gasteiger charge is -2.10. The molecule has 0 radical (unpaired) electrons. The summed E-state index contributed by atoms with van der Waals surface area (Å²) in [6.07, 6.45) is 1.38. The molecule has 1 aromatic rings. The van der Waals surface area contributed by atoms with Crippen LogP contribution in [0, 0.1) is 11.7 Å². The first kappa shape index (κ1) is 16.6. The lowest BCUT2D eigenvalue weighted by molar-refractivity contribution is 0.228. The van der Waals surface area contributed by atoms with Crippen LogP contribution in [-0.4, -0.2) is 26.7 Å². The summed E-state index contributed by atoms with van der Waals surface area (Å²) in [5, 5.41) is 8.85. The molecule has 19 heavy (non-hydrogen) atoms. The predicted octanol–water partition coefficient (Wildman–Crippen LogP) is 2.28. The summed E-state index contributed by atoms with van der Waals surface area (Å²) in [5.74, 6) is -0.343. The van der Waals surface area contributed by atoms with Crippen LogP contribution in [0.1, 0.15) is 19.8 Å². The molecule has 0 saturated heterocycles. The molecule has 0 saturated carbocycles. The first-order valence-electron chi connectivity index (χ1n) is 5.92. The van der Waals surface area contributed by atoms with Gasteiger partial charge < -0.3 is 5.11 Å². The zero-order valence-electron chi connectivity index (χ0n) is 10.6. The van der Waals surface area contributed by atoms with Gasteiger partial charge in [0.25, 0.3) is 0 Å². The van der Waals surface area contributed by atoms with Crippen molar-refractivity contribution in [2.75, 3.05) is 13.2 Å². The summed E-state index contributed by atoms with van der Waals surface area (Å²) in [5.41, 5.74) is 0. The standard InChI is InChI=1S/C12H17BrFNO3S/c1-9(8-16)3-2-6-15-19(17,18)12-5-4-10(14)7-11(12)13/h4-5,7,9,15-16H,2-3,6,8H2,1H3. The summed E-state index contributed by atoms with van der Waals surface area (Å²) in [6, 6.07) is 3.44. The van der Waals surface area contributed by atoms with Gasteiger partial charge in [-0.15, -0.1) is 0 Å². The fraction of sp³-hybridized carbons (Fsp3) is 0.500. The molecule has 7 heteroatoms. The van der Waals surface area contributed by atoms with Crippen LogP contribution < -0.4 is 4.72 Å². The van der Waals surface area contributed by atoms with Gasteiger partial charge in [0.1, 0.15) is 5.82 Å². The fourth-order valence-corrected chi connectivity index (χ4v) is 3.64. The molecule has 0 amide bonds. The van der Waals surface area contributed by atoms with Crippen molar-refractivity contribution in [1.82, 2.24) is 4.72 Å². The number of rotatable bonds is 7. The molecule has 0 aliphatic carbocycles. The second kappa shape index (κ2) is 7.33. The number of nitrogens with one attached hydrogen (secondary N) is 1. The van der Waals surface area contributed by atoms with Gasteiger partial charge in [-0.25, -0.2) is 17.5 Å². The first-order valence-corrected chi connectivity index (χ1v) is 8.20. The van der Waals surface area contributed by atoms with Crippen LogP contribution in [0.3, 0.4) is 0 Å². The third kappa shape index (κ3) is 5.18. The largest absolute Gasteiger partial charge is 0.396 e. The van der Waals surface area contributed by atoms with Crippen LogP contribution >= 0.6 is 15.9 Å². The smallest absolute Gasteiger partial charge is 0.241 e. The minimum atomic E-state index is -3.64. The number of sulfonamides is 1. The Bertz CT molecular complexity index is 522. The van der Waals surface area contributed by atoms with Gasteiger partial charge in [-0.3, -0.25) is 0 Å². The van der Waals surface area contributed by atoms with E-state index in [2.05, 4.69) is 20.7 Å². The minimum absolute atomic E-state index is 0.0177. The highest BCUT2D eigenvalue weighted by Gasteiger charge is 2.17. The highest BCUT2D eigenvalue weighted by atomic mass is 79.9. The normalized spacial score (nSPS) is 13.5.